The summed E-state index contributed by atoms with van der Waals surface area (Å²) >= 11 is 8.94. The lowest BCUT2D eigenvalue weighted by molar-refractivity contribution is -0.0223. The van der Waals surface area contributed by atoms with Crippen molar-refractivity contribution in [3.8, 4) is 0 Å². The Morgan fingerprint density at radius 1 is 0.606 bits per heavy atom. The summed E-state index contributed by atoms with van der Waals surface area (Å²) in [5, 5.41) is 0. The molecular formula is C29H56Br2N2. The largest absolute Gasteiger partial charge is 0.326 e. The monoisotopic (exact) mass is 590 g/mol. The fourth-order valence-electron chi connectivity index (χ4n) is 7.74. The Kier molecular flexibility index (Phi) is 12.3. The Bertz CT molecular complexity index is 524. The molecule has 4 N–H and O–H groups in total. The minimum absolute atomic E-state index is 0.0584. The molecule has 0 aromatic carbocycles. The van der Waals surface area contributed by atoms with Gasteiger partial charge in [-0.2, -0.15) is 0 Å². The topological polar surface area (TPSA) is 52.0 Å². The zero-order valence-electron chi connectivity index (χ0n) is 22.5. The predicted octanol–water partition coefficient (Wildman–Crippen LogP) is 9.40. The van der Waals surface area contributed by atoms with Crippen LogP contribution >= 0.6 is 31.9 Å². The van der Waals surface area contributed by atoms with E-state index >= 15 is 0 Å². The molecule has 6 atom stereocenters. The molecule has 4 heteroatoms. The van der Waals surface area contributed by atoms with Gasteiger partial charge in [0.05, 0.1) is 0 Å². The first-order chi connectivity index (χ1) is 15.7. The van der Waals surface area contributed by atoms with Gasteiger partial charge in [-0.05, 0) is 68.6 Å². The van der Waals surface area contributed by atoms with Gasteiger partial charge in [0.25, 0.3) is 0 Å². The van der Waals surface area contributed by atoms with Gasteiger partial charge in [0.15, 0.2) is 0 Å². The fourth-order valence-corrected chi connectivity index (χ4v) is 9.83. The van der Waals surface area contributed by atoms with Crippen LogP contribution in [0.5, 0.6) is 0 Å². The Hall–Kier alpha value is 0.880. The van der Waals surface area contributed by atoms with E-state index in [1.165, 1.54) is 122 Å². The number of alkyl halides is 2. The molecule has 0 bridgehead atoms. The van der Waals surface area contributed by atoms with Gasteiger partial charge in [-0.3, -0.25) is 0 Å². The molecule has 0 heterocycles. The van der Waals surface area contributed by atoms with Crippen LogP contribution in [0.25, 0.3) is 0 Å². The number of unbranched alkanes of at least 4 members (excludes halogenated alkanes) is 4. The first kappa shape index (κ1) is 30.1. The van der Waals surface area contributed by atoms with Gasteiger partial charge in [0, 0.05) is 20.7 Å². The maximum absolute atomic E-state index is 7.04. The average molecular weight is 593 g/mol. The average Bonchev–Trinajstić information content (AvgIpc) is 2.80. The number of halogens is 2. The van der Waals surface area contributed by atoms with E-state index in [2.05, 4.69) is 59.6 Å². The number of nitrogens with two attached hydrogens (primary N) is 2. The summed E-state index contributed by atoms with van der Waals surface area (Å²) in [6.45, 7) is 9.38. The van der Waals surface area contributed by atoms with E-state index in [-0.39, 0.29) is 31.6 Å². The standard InChI is InChI=1S/C29H56Br2N2/c1-5-9-17-26(19-13-15-24(32)28(26,30)21-11-7-3)23-27(18-10-6-2)20-14-16-25(33)29(27,31)22-12-8-4/h24-25H,5-23,32-33H2,1-4H3. The molecule has 0 saturated heterocycles. The van der Waals surface area contributed by atoms with E-state index in [0.29, 0.717) is 0 Å². The lowest BCUT2D eigenvalue weighted by atomic mass is 9.49. The van der Waals surface area contributed by atoms with Crippen molar-refractivity contribution in [3.63, 3.8) is 0 Å². The first-order valence-electron chi connectivity index (χ1n) is 14.6. The first-order valence-corrected chi connectivity index (χ1v) is 16.2. The summed E-state index contributed by atoms with van der Waals surface area (Å²) in [6.07, 6.45) is 24.1. The molecule has 0 aromatic rings. The van der Waals surface area contributed by atoms with Crippen LogP contribution in [0, 0.1) is 10.8 Å². The van der Waals surface area contributed by atoms with Gasteiger partial charge in [-0.25, -0.2) is 0 Å². The molecule has 2 nitrogen and oxygen atoms in total. The van der Waals surface area contributed by atoms with Gasteiger partial charge in [-0.1, -0.05) is 124 Å². The number of hydrogen-bond acceptors (Lipinski definition) is 2. The highest BCUT2D eigenvalue weighted by atomic mass is 79.9. The Balaban J connectivity index is 2.60. The summed E-state index contributed by atoms with van der Waals surface area (Å²) in [4.78, 5) is 0. The molecule has 2 aliphatic carbocycles. The normalized spacial score (nSPS) is 39.6. The molecule has 2 rings (SSSR count). The summed E-state index contributed by atoms with van der Waals surface area (Å²) < 4.78 is 0.117. The lowest BCUT2D eigenvalue weighted by Crippen LogP contribution is -2.64. The molecule has 0 radical (unpaired) electrons. The summed E-state index contributed by atoms with van der Waals surface area (Å²) in [6, 6.07) is 0.519. The quantitative estimate of drug-likeness (QED) is 0.198. The third-order valence-electron chi connectivity index (χ3n) is 9.76. The van der Waals surface area contributed by atoms with Gasteiger partial charge in [0.1, 0.15) is 0 Å². The maximum Gasteiger partial charge on any atom is 0.0464 e. The second-order valence-corrected chi connectivity index (χ2v) is 14.7. The molecule has 2 fully saturated rings. The highest BCUT2D eigenvalue weighted by Crippen LogP contribution is 2.66. The second-order valence-electron chi connectivity index (χ2n) is 11.9. The van der Waals surface area contributed by atoms with Crippen molar-refractivity contribution in [3.05, 3.63) is 0 Å². The summed E-state index contributed by atoms with van der Waals surface area (Å²) in [5.41, 5.74) is 14.6. The molecule has 0 spiro atoms. The molecule has 6 unspecified atom stereocenters. The third kappa shape index (κ3) is 6.24. The van der Waals surface area contributed by atoms with Crippen LogP contribution in [0.1, 0.15) is 150 Å². The van der Waals surface area contributed by atoms with Crippen molar-refractivity contribution in [1.82, 2.24) is 0 Å². The Morgan fingerprint density at radius 2 is 0.939 bits per heavy atom. The van der Waals surface area contributed by atoms with Crippen LogP contribution in [-0.4, -0.2) is 20.7 Å². The van der Waals surface area contributed by atoms with E-state index in [1.807, 2.05) is 0 Å². The van der Waals surface area contributed by atoms with E-state index in [4.69, 9.17) is 11.5 Å². The number of rotatable bonds is 14. The minimum Gasteiger partial charge on any atom is -0.326 e. The molecule has 33 heavy (non-hydrogen) atoms. The van der Waals surface area contributed by atoms with Crippen LogP contribution in [-0.2, 0) is 0 Å². The highest BCUT2D eigenvalue weighted by Gasteiger charge is 2.62. The highest BCUT2D eigenvalue weighted by molar-refractivity contribution is 9.10. The smallest absolute Gasteiger partial charge is 0.0464 e. The molecule has 2 aliphatic rings. The lowest BCUT2D eigenvalue weighted by Gasteiger charge is -2.62. The SMILES string of the molecule is CCCCC1(CC2(CCCC)CCCC(N)C2(Br)CCCC)CCCC(N)C1(Br)CCCC. The minimum atomic E-state index is 0.0584. The van der Waals surface area contributed by atoms with Crippen molar-refractivity contribution in [2.75, 3.05) is 0 Å². The van der Waals surface area contributed by atoms with Crippen LogP contribution < -0.4 is 11.5 Å². The zero-order valence-corrected chi connectivity index (χ0v) is 25.7. The zero-order chi connectivity index (χ0) is 24.6. The molecule has 2 saturated carbocycles. The van der Waals surface area contributed by atoms with Crippen molar-refractivity contribution in [1.29, 1.82) is 0 Å². The molecule has 0 aliphatic heterocycles. The Morgan fingerprint density at radius 3 is 1.27 bits per heavy atom. The van der Waals surface area contributed by atoms with Crippen LogP contribution in [0.4, 0.5) is 0 Å². The molecular weight excluding hydrogens is 536 g/mol. The van der Waals surface area contributed by atoms with E-state index in [1.54, 1.807) is 0 Å². The van der Waals surface area contributed by atoms with Gasteiger partial charge >= 0.3 is 0 Å². The third-order valence-corrected chi connectivity index (χ3v) is 13.4. The fraction of sp³-hybridized carbons (Fsp3) is 1.00. The number of hydrogen-bond donors (Lipinski definition) is 2. The van der Waals surface area contributed by atoms with Gasteiger partial charge in [0.2, 0.25) is 0 Å². The van der Waals surface area contributed by atoms with E-state index in [0.717, 1.165) is 0 Å². The van der Waals surface area contributed by atoms with Crippen LogP contribution in [0.3, 0.4) is 0 Å². The van der Waals surface area contributed by atoms with Gasteiger partial charge in [-0.15, -0.1) is 0 Å². The summed E-state index contributed by atoms with van der Waals surface area (Å²) in [5.74, 6) is 0. The van der Waals surface area contributed by atoms with Crippen molar-refractivity contribution in [2.24, 2.45) is 22.3 Å². The molecule has 0 aromatic heterocycles. The summed E-state index contributed by atoms with van der Waals surface area (Å²) in [7, 11) is 0. The van der Waals surface area contributed by atoms with E-state index < -0.39 is 0 Å². The van der Waals surface area contributed by atoms with Crippen LogP contribution in [0.15, 0.2) is 0 Å². The molecule has 0 amide bonds. The van der Waals surface area contributed by atoms with Crippen molar-refractivity contribution < 1.29 is 0 Å². The van der Waals surface area contributed by atoms with Crippen molar-refractivity contribution >= 4 is 31.9 Å². The van der Waals surface area contributed by atoms with Crippen molar-refractivity contribution in [2.45, 2.75) is 170 Å². The van der Waals surface area contributed by atoms with E-state index in [9.17, 15) is 0 Å². The van der Waals surface area contributed by atoms with Gasteiger partial charge < -0.3 is 11.5 Å². The second kappa shape index (κ2) is 13.4. The Labute approximate surface area is 223 Å². The molecule has 196 valence electrons. The maximum atomic E-state index is 7.04. The van der Waals surface area contributed by atoms with Crippen LogP contribution in [0.2, 0.25) is 0 Å². The predicted molar refractivity (Wildman–Crippen MR) is 155 cm³/mol.